The zero-order chi connectivity index (χ0) is 61.7. The van der Waals surface area contributed by atoms with Crippen molar-refractivity contribution < 1.29 is 57.6 Å². The lowest BCUT2D eigenvalue weighted by molar-refractivity contribution is -0.255. The number of rotatable bonds is 32. The molecule has 8 rings (SSSR count). The SMILES string of the molecule is COc1cc(NC(=O)c2ccccn2)ccc1NC(=O)c1ccc(NC(=O)COCC(=O)NCCCCCCCCCCCCNC(=O)COc2ccc(-c3cccc(COc4cc5c(c(C)c4C)C(=O)C(C4CCCC4)C5)c3)cc2C(=O)[O-])cc1Cl. The number of halogens is 1. The minimum Gasteiger partial charge on any atom is -0.545 e. The van der Waals surface area contributed by atoms with Gasteiger partial charge < -0.3 is 55.4 Å². The number of carboxylic acid groups (broad SMARTS) is 1. The van der Waals surface area contributed by atoms with E-state index in [4.69, 9.17) is 30.5 Å². The van der Waals surface area contributed by atoms with Gasteiger partial charge in [0.15, 0.2) is 12.4 Å². The number of carbonyl (C=O) groups excluding carboxylic acids is 7. The van der Waals surface area contributed by atoms with Gasteiger partial charge in [-0.2, -0.15) is 0 Å². The maximum atomic E-state index is 13.5. The first-order valence-corrected chi connectivity index (χ1v) is 30.3. The molecule has 0 saturated heterocycles. The Hall–Kier alpha value is -8.61. The summed E-state index contributed by atoms with van der Waals surface area (Å²) in [5.74, 6) is -1.57. The van der Waals surface area contributed by atoms with Crippen LogP contribution in [0.1, 0.15) is 154 Å². The number of nitrogens with zero attached hydrogens (tertiary/aromatic N) is 1. The van der Waals surface area contributed by atoms with Crippen LogP contribution in [0.5, 0.6) is 17.2 Å². The molecule has 5 N–H and O–H groups in total. The summed E-state index contributed by atoms with van der Waals surface area (Å²) < 4.78 is 22.8. The van der Waals surface area contributed by atoms with Gasteiger partial charge in [0.25, 0.3) is 17.7 Å². The third kappa shape index (κ3) is 18.5. The van der Waals surface area contributed by atoms with Gasteiger partial charge in [-0.25, -0.2) is 0 Å². The molecule has 1 unspecified atom stereocenters. The molecule has 0 bridgehead atoms. The van der Waals surface area contributed by atoms with Crippen LogP contribution in [0.4, 0.5) is 17.1 Å². The Morgan fingerprint density at radius 2 is 1.28 bits per heavy atom. The van der Waals surface area contributed by atoms with Crippen molar-refractivity contribution in [3.05, 3.63) is 159 Å². The summed E-state index contributed by atoms with van der Waals surface area (Å²) in [5.41, 5.74) is 7.58. The smallest absolute Gasteiger partial charge is 0.274 e. The predicted molar refractivity (Wildman–Crippen MR) is 332 cm³/mol. The molecule has 1 heterocycles. The highest BCUT2D eigenvalue weighted by Gasteiger charge is 2.39. The van der Waals surface area contributed by atoms with Crippen LogP contribution in [-0.4, -0.2) is 86.3 Å². The molecule has 5 aromatic carbocycles. The number of amides is 5. The third-order valence-electron chi connectivity index (χ3n) is 16.0. The maximum absolute atomic E-state index is 13.5. The first-order valence-electron chi connectivity index (χ1n) is 30.0. The van der Waals surface area contributed by atoms with Crippen LogP contribution in [0.25, 0.3) is 11.1 Å². The van der Waals surface area contributed by atoms with Gasteiger partial charge in [0, 0.05) is 53.8 Å². The molecule has 1 aromatic heterocycles. The fourth-order valence-corrected chi connectivity index (χ4v) is 11.5. The van der Waals surface area contributed by atoms with Crippen molar-refractivity contribution in [2.75, 3.05) is 56.0 Å². The number of unbranched alkanes of at least 4 members (excludes halogenated alkanes) is 9. The Labute approximate surface area is 512 Å². The van der Waals surface area contributed by atoms with E-state index in [0.29, 0.717) is 59.8 Å². The highest BCUT2D eigenvalue weighted by atomic mass is 35.5. The number of carboxylic acids is 1. The molecule has 0 radical (unpaired) electrons. The lowest BCUT2D eigenvalue weighted by atomic mass is 9.87. The number of carbonyl (C=O) groups is 7. The second-order valence-corrected chi connectivity index (χ2v) is 22.6. The molecule has 87 heavy (non-hydrogen) atoms. The summed E-state index contributed by atoms with van der Waals surface area (Å²) in [6, 6.07) is 28.7. The minimum absolute atomic E-state index is 0.0514. The summed E-state index contributed by atoms with van der Waals surface area (Å²) in [6.45, 7) is 4.33. The minimum atomic E-state index is -1.41. The predicted octanol–water partition coefficient (Wildman–Crippen LogP) is 11.2. The summed E-state index contributed by atoms with van der Waals surface area (Å²) >= 11 is 6.43. The molecule has 458 valence electrons. The highest BCUT2D eigenvalue weighted by molar-refractivity contribution is 6.34. The molecule has 1 fully saturated rings. The van der Waals surface area contributed by atoms with Crippen LogP contribution >= 0.6 is 11.6 Å². The molecular weight excluding hydrogens is 1130 g/mol. The molecule has 0 aliphatic heterocycles. The van der Waals surface area contributed by atoms with Crippen molar-refractivity contribution in [2.24, 2.45) is 11.8 Å². The van der Waals surface area contributed by atoms with E-state index in [9.17, 15) is 38.7 Å². The number of aromatic nitrogens is 1. The fourth-order valence-electron chi connectivity index (χ4n) is 11.2. The second kappa shape index (κ2) is 32.2. The highest BCUT2D eigenvalue weighted by Crippen LogP contribution is 2.43. The lowest BCUT2D eigenvalue weighted by Crippen LogP contribution is -2.30. The van der Waals surface area contributed by atoms with Crippen LogP contribution in [0.15, 0.2) is 109 Å². The van der Waals surface area contributed by atoms with Gasteiger partial charge in [-0.15, -0.1) is 0 Å². The molecule has 5 amide bonds. The van der Waals surface area contributed by atoms with Crippen molar-refractivity contribution in [3.8, 4) is 28.4 Å². The van der Waals surface area contributed by atoms with E-state index in [2.05, 4.69) is 37.6 Å². The Morgan fingerprint density at radius 3 is 1.95 bits per heavy atom. The largest absolute Gasteiger partial charge is 0.545 e. The lowest BCUT2D eigenvalue weighted by Gasteiger charge is -2.16. The van der Waals surface area contributed by atoms with E-state index in [1.54, 1.807) is 48.5 Å². The summed E-state index contributed by atoms with van der Waals surface area (Å²) in [4.78, 5) is 92.9. The molecule has 19 heteroatoms. The molecule has 0 spiro atoms. The fraction of sp³-hybridized carbons (Fsp3) is 0.382. The van der Waals surface area contributed by atoms with Crippen LogP contribution in [0.3, 0.4) is 0 Å². The quantitative estimate of drug-likeness (QED) is 0.0247. The topological polar surface area (TPSA) is 253 Å². The number of hydrogen-bond donors (Lipinski definition) is 5. The number of aromatic carboxylic acids is 1. The van der Waals surface area contributed by atoms with Crippen molar-refractivity contribution >= 4 is 70.0 Å². The number of Topliss-reactive ketones (excluding diaryl/α,β-unsaturated/α-hetero) is 1. The molecular formula is C68H76ClN6O12-. The van der Waals surface area contributed by atoms with Gasteiger partial charge in [0.2, 0.25) is 11.8 Å². The standard InChI is InChI=1S/C68H77ClN6O12/c1-43-44(2)64-49(35-53(65(64)79)46-20-12-13-21-46)36-59(43)86-39-45-19-18-22-47(33-45)48-24-29-58(54(34-48)68(82)83)87-42-62(77)72-32-16-11-9-7-5-4-6-8-10-15-31-71-61(76)40-85-41-63(78)73-50-25-27-52(55(69)37-50)66(80)75-56-28-26-51(38-60(56)84-3)74-67(81)57-23-14-17-30-70-57/h14,17-19,22-30,33-34,36-38,46,53H,4-13,15-16,20-21,31-32,35,39-42H2,1-3H3,(H,71,76)(H,72,77)(H,73,78)(H,74,81)(H,75,80)(H,82,83)/p-1. The van der Waals surface area contributed by atoms with Crippen LogP contribution in [0.2, 0.25) is 5.02 Å². The first-order chi connectivity index (χ1) is 42.1. The van der Waals surface area contributed by atoms with Gasteiger partial charge in [-0.1, -0.05) is 106 Å². The number of anilines is 3. The van der Waals surface area contributed by atoms with Crippen molar-refractivity contribution in [3.63, 3.8) is 0 Å². The number of methoxy groups -OCH3 is 1. The van der Waals surface area contributed by atoms with Crippen LogP contribution in [-0.2, 0) is 32.1 Å². The van der Waals surface area contributed by atoms with Crippen molar-refractivity contribution in [1.82, 2.24) is 15.6 Å². The van der Waals surface area contributed by atoms with E-state index in [1.807, 2.05) is 38.1 Å². The average Bonchev–Trinajstić information content (AvgIpc) is 1.77. The van der Waals surface area contributed by atoms with Gasteiger partial charge in [-0.05, 0) is 152 Å². The zero-order valence-corrected chi connectivity index (χ0v) is 50.4. The Kier molecular flexibility index (Phi) is 23.8. The van der Waals surface area contributed by atoms with Crippen molar-refractivity contribution in [1.29, 1.82) is 0 Å². The summed E-state index contributed by atoms with van der Waals surface area (Å²) in [7, 11) is 1.43. The Bertz CT molecular complexity index is 3420. The monoisotopic (exact) mass is 1200 g/mol. The molecule has 1 atom stereocenters. The summed E-state index contributed by atoms with van der Waals surface area (Å²) in [5, 5.41) is 26.1. The summed E-state index contributed by atoms with van der Waals surface area (Å²) in [6.07, 6.45) is 17.1. The number of hydrogen-bond acceptors (Lipinski definition) is 13. The number of benzene rings is 5. The second-order valence-electron chi connectivity index (χ2n) is 22.2. The van der Waals surface area contributed by atoms with E-state index in [-0.39, 0.29) is 65.1 Å². The van der Waals surface area contributed by atoms with E-state index < -0.39 is 23.7 Å². The van der Waals surface area contributed by atoms with E-state index in [0.717, 1.165) is 123 Å². The first kappa shape index (κ1) is 64.4. The van der Waals surface area contributed by atoms with Gasteiger partial charge in [-0.3, -0.25) is 33.8 Å². The number of fused-ring (bicyclic) bond motifs is 1. The average molecular weight is 1200 g/mol. The number of pyridine rings is 1. The number of nitrogens with one attached hydrogen (secondary N) is 5. The molecule has 1 saturated carbocycles. The van der Waals surface area contributed by atoms with Gasteiger partial charge in [0.05, 0.1) is 29.4 Å². The maximum Gasteiger partial charge on any atom is 0.274 e. The zero-order valence-electron chi connectivity index (χ0n) is 49.6. The van der Waals surface area contributed by atoms with E-state index >= 15 is 0 Å². The third-order valence-corrected chi connectivity index (χ3v) is 16.3. The van der Waals surface area contributed by atoms with Crippen molar-refractivity contribution in [2.45, 2.75) is 117 Å². The van der Waals surface area contributed by atoms with Crippen LogP contribution < -0.4 is 45.9 Å². The molecule has 6 aromatic rings. The molecule has 2 aliphatic rings. The van der Waals surface area contributed by atoms with E-state index in [1.165, 1.54) is 50.4 Å². The molecule has 18 nitrogen and oxygen atoms in total. The van der Waals surface area contributed by atoms with Crippen LogP contribution in [0, 0.1) is 25.7 Å². The Morgan fingerprint density at radius 1 is 0.609 bits per heavy atom. The molecule has 2 aliphatic carbocycles. The number of ketones is 1. The van der Waals surface area contributed by atoms with Gasteiger partial charge >= 0.3 is 0 Å². The number of ether oxygens (including phenoxy) is 4. The Balaban J connectivity index is 0.624. The normalized spacial score (nSPS) is 13.6. The van der Waals surface area contributed by atoms with Gasteiger partial charge in [0.1, 0.15) is 42.8 Å².